The molecule has 18 heteroatoms. The topological polar surface area (TPSA) is 133 Å². The predicted molar refractivity (Wildman–Crippen MR) is 104 cm³/mol. The van der Waals surface area contributed by atoms with Gasteiger partial charge < -0.3 is 9.47 Å². The third kappa shape index (κ3) is 7.39. The van der Waals surface area contributed by atoms with Crippen molar-refractivity contribution in [2.24, 2.45) is 0 Å². The quantitative estimate of drug-likeness (QED) is 0.0877. The number of ether oxygens (including phenoxy) is 2. The molecule has 0 spiro atoms. The minimum absolute atomic E-state index is 0.0455. The summed E-state index contributed by atoms with van der Waals surface area (Å²) in [5, 5.41) is -7.25. The average molecular weight is 570 g/mol. The van der Waals surface area contributed by atoms with Gasteiger partial charge in [-0.05, 0) is 32.6 Å². The zero-order chi connectivity index (χ0) is 27.3. The van der Waals surface area contributed by atoms with E-state index in [1.165, 1.54) is 0 Å². The zero-order valence-corrected chi connectivity index (χ0v) is 20.0. The maximum absolute atomic E-state index is 13.9. The molecule has 208 valence electrons. The fourth-order valence-electron chi connectivity index (χ4n) is 3.17. The summed E-state index contributed by atoms with van der Waals surface area (Å²) in [6, 6.07) is 0. The molecule has 1 rings (SSSR count). The van der Waals surface area contributed by atoms with Crippen molar-refractivity contribution >= 4 is 26.2 Å². The Labute approximate surface area is 197 Å². The van der Waals surface area contributed by atoms with E-state index in [0.29, 0.717) is 19.3 Å². The SMILES string of the molecule is CCOC(=O)C(OCCCCC(F)(F)C(F)(F)S(=O)(=O)O)(OS(=O)(=O)C1CCCCC1)C(F)(F)F. The highest BCUT2D eigenvalue weighted by Crippen LogP contribution is 2.42. The molecular weight excluding hydrogens is 545 g/mol. The normalized spacial score (nSPS) is 18.8. The maximum atomic E-state index is 13.9. The molecule has 1 unspecified atom stereocenters. The molecule has 1 saturated carbocycles. The zero-order valence-electron chi connectivity index (χ0n) is 18.3. The van der Waals surface area contributed by atoms with Gasteiger partial charge in [-0.1, -0.05) is 19.3 Å². The molecule has 35 heavy (non-hydrogen) atoms. The molecule has 0 saturated heterocycles. The summed E-state index contributed by atoms with van der Waals surface area (Å²) >= 11 is 0. The van der Waals surface area contributed by atoms with Crippen molar-refractivity contribution in [2.75, 3.05) is 13.2 Å². The van der Waals surface area contributed by atoms with Crippen LogP contribution in [-0.2, 0) is 38.7 Å². The van der Waals surface area contributed by atoms with E-state index in [1.807, 2.05) is 0 Å². The second-order valence-electron chi connectivity index (χ2n) is 7.67. The monoisotopic (exact) mass is 570 g/mol. The first-order chi connectivity index (χ1) is 15.8. The summed E-state index contributed by atoms with van der Waals surface area (Å²) in [4.78, 5) is 12.2. The first-order valence-electron chi connectivity index (χ1n) is 10.3. The Morgan fingerprint density at radius 1 is 0.943 bits per heavy atom. The summed E-state index contributed by atoms with van der Waals surface area (Å²) in [5.74, 6) is -12.1. The molecule has 1 fully saturated rings. The van der Waals surface area contributed by atoms with Crippen LogP contribution in [0.15, 0.2) is 0 Å². The molecule has 0 aromatic heterocycles. The lowest BCUT2D eigenvalue weighted by Gasteiger charge is -2.34. The van der Waals surface area contributed by atoms with Gasteiger partial charge in [-0.2, -0.15) is 47.6 Å². The number of halogens is 7. The van der Waals surface area contributed by atoms with Crippen molar-refractivity contribution in [3.8, 4) is 0 Å². The summed E-state index contributed by atoms with van der Waals surface area (Å²) in [6.45, 7) is -0.845. The predicted octanol–water partition coefficient (Wildman–Crippen LogP) is 3.79. The lowest BCUT2D eigenvalue weighted by molar-refractivity contribution is -0.341. The molecule has 0 aliphatic heterocycles. The summed E-state index contributed by atoms with van der Waals surface area (Å²) in [5.41, 5.74) is 0. The van der Waals surface area contributed by atoms with Crippen molar-refractivity contribution in [1.82, 2.24) is 0 Å². The van der Waals surface area contributed by atoms with Gasteiger partial charge in [0.25, 0.3) is 10.1 Å². The lowest BCUT2D eigenvalue weighted by atomic mass is 10.0. The van der Waals surface area contributed by atoms with Crippen LogP contribution in [0.3, 0.4) is 0 Å². The summed E-state index contributed by atoms with van der Waals surface area (Å²) in [7, 11) is -11.6. The van der Waals surface area contributed by atoms with Crippen LogP contribution in [0.25, 0.3) is 0 Å². The third-order valence-corrected chi connectivity index (χ3v) is 7.75. The number of unbranched alkanes of at least 4 members (excludes halogenated alkanes) is 1. The van der Waals surface area contributed by atoms with Crippen LogP contribution in [0.1, 0.15) is 58.3 Å². The number of esters is 1. The van der Waals surface area contributed by atoms with Crippen LogP contribution in [0, 0.1) is 0 Å². The van der Waals surface area contributed by atoms with Gasteiger partial charge in [0.05, 0.1) is 18.5 Å². The number of hydrogen-bond donors (Lipinski definition) is 1. The maximum Gasteiger partial charge on any atom is 0.456 e. The molecule has 0 aromatic rings. The van der Waals surface area contributed by atoms with Gasteiger partial charge in [0, 0.05) is 6.42 Å². The third-order valence-electron chi connectivity index (χ3n) is 5.05. The molecule has 0 radical (unpaired) electrons. The summed E-state index contributed by atoms with van der Waals surface area (Å²) < 4.78 is 162. The lowest BCUT2D eigenvalue weighted by Crippen LogP contribution is -2.59. The Balaban J connectivity index is 3.06. The number of carbonyl (C=O) groups excluding carboxylic acids is 1. The van der Waals surface area contributed by atoms with E-state index in [4.69, 9.17) is 4.55 Å². The van der Waals surface area contributed by atoms with Crippen molar-refractivity contribution in [1.29, 1.82) is 0 Å². The smallest absolute Gasteiger partial charge is 0.456 e. The van der Waals surface area contributed by atoms with E-state index in [9.17, 15) is 52.4 Å². The van der Waals surface area contributed by atoms with Gasteiger partial charge in [-0.15, -0.1) is 0 Å². The largest absolute Gasteiger partial charge is 0.462 e. The van der Waals surface area contributed by atoms with E-state index in [0.717, 1.165) is 6.92 Å². The van der Waals surface area contributed by atoms with E-state index in [-0.39, 0.29) is 12.8 Å². The van der Waals surface area contributed by atoms with Crippen LogP contribution < -0.4 is 0 Å². The second-order valence-corrected chi connectivity index (χ2v) is 11.0. The Kier molecular flexibility index (Phi) is 10.4. The molecular formula is C17H25F7O9S2. The van der Waals surface area contributed by atoms with Gasteiger partial charge in [-0.3, -0.25) is 4.55 Å². The molecule has 1 atom stereocenters. The van der Waals surface area contributed by atoms with Gasteiger partial charge >= 0.3 is 39.2 Å². The van der Waals surface area contributed by atoms with Gasteiger partial charge in [-0.25, -0.2) is 8.98 Å². The minimum atomic E-state index is -6.51. The van der Waals surface area contributed by atoms with Gasteiger partial charge in [0.1, 0.15) is 0 Å². The Morgan fingerprint density at radius 3 is 1.94 bits per heavy atom. The number of alkyl halides is 7. The Hall–Kier alpha value is -1.24. The molecule has 1 N–H and O–H groups in total. The van der Waals surface area contributed by atoms with Crippen molar-refractivity contribution in [3.05, 3.63) is 0 Å². The molecule has 9 nitrogen and oxygen atoms in total. The van der Waals surface area contributed by atoms with Crippen LogP contribution in [0.4, 0.5) is 30.7 Å². The standard InChI is InChI=1S/C17H25F7O9S2/c1-2-31-13(25)15(16(20,21)22,33-34(26,27)12-8-4-3-5-9-12)32-11-7-6-10-14(18,19)17(23,24)35(28,29)30/h12H,2-11H2,1H3,(H,28,29,30). The first-order valence-corrected chi connectivity index (χ1v) is 13.2. The highest BCUT2D eigenvalue weighted by atomic mass is 32.2. The highest BCUT2D eigenvalue weighted by Gasteiger charge is 2.68. The number of carbonyl (C=O) groups is 1. The van der Waals surface area contributed by atoms with Crippen molar-refractivity contribution in [3.63, 3.8) is 0 Å². The number of hydrogen-bond acceptors (Lipinski definition) is 8. The average Bonchev–Trinajstić information content (AvgIpc) is 2.71. The van der Waals surface area contributed by atoms with Gasteiger partial charge in [0.15, 0.2) is 0 Å². The minimum Gasteiger partial charge on any atom is -0.462 e. The molecule has 0 heterocycles. The van der Waals surface area contributed by atoms with E-state index < -0.39 is 87.1 Å². The molecule has 0 aromatic carbocycles. The van der Waals surface area contributed by atoms with Crippen LogP contribution >= 0.6 is 0 Å². The van der Waals surface area contributed by atoms with Crippen LogP contribution in [0.2, 0.25) is 0 Å². The van der Waals surface area contributed by atoms with Crippen molar-refractivity contribution < 1.29 is 70.6 Å². The van der Waals surface area contributed by atoms with E-state index in [1.54, 1.807) is 0 Å². The highest BCUT2D eigenvalue weighted by molar-refractivity contribution is 7.87. The molecule has 0 amide bonds. The Bertz CT molecular complexity index is 930. The van der Waals surface area contributed by atoms with Crippen LogP contribution in [0.5, 0.6) is 0 Å². The van der Waals surface area contributed by atoms with Gasteiger partial charge in [0.2, 0.25) is 0 Å². The van der Waals surface area contributed by atoms with Crippen molar-refractivity contribution in [2.45, 2.75) is 86.7 Å². The number of rotatable bonds is 13. The molecule has 0 bridgehead atoms. The van der Waals surface area contributed by atoms with E-state index in [2.05, 4.69) is 13.7 Å². The van der Waals surface area contributed by atoms with Crippen LogP contribution in [-0.4, -0.2) is 69.0 Å². The molecule has 1 aliphatic carbocycles. The Morgan fingerprint density at radius 2 is 1.49 bits per heavy atom. The van der Waals surface area contributed by atoms with E-state index >= 15 is 0 Å². The first kappa shape index (κ1) is 31.8. The second kappa shape index (κ2) is 11.4. The fraction of sp³-hybridized carbons (Fsp3) is 0.941. The molecule has 1 aliphatic rings. The fourth-order valence-corrected chi connectivity index (χ4v) is 5.24. The summed E-state index contributed by atoms with van der Waals surface area (Å²) in [6.07, 6.45) is -8.44.